The van der Waals surface area contributed by atoms with Crippen molar-refractivity contribution in [3.8, 4) is 5.75 Å². The van der Waals surface area contributed by atoms with Gasteiger partial charge in [-0.1, -0.05) is 31.4 Å². The second kappa shape index (κ2) is 8.28. The van der Waals surface area contributed by atoms with Crippen molar-refractivity contribution in [1.29, 1.82) is 0 Å². The van der Waals surface area contributed by atoms with Gasteiger partial charge in [0.1, 0.15) is 17.0 Å². The zero-order valence-electron chi connectivity index (χ0n) is 18.6. The van der Waals surface area contributed by atoms with E-state index in [1.165, 1.54) is 6.42 Å². The number of amides is 2. The Balaban J connectivity index is 1.53. The minimum Gasteiger partial charge on any atom is -0.497 e. The molecule has 5 rings (SSSR count). The number of carbonyl (C=O) groups excluding carboxylic acids is 2. The van der Waals surface area contributed by atoms with Crippen LogP contribution in [0.5, 0.6) is 5.75 Å². The van der Waals surface area contributed by atoms with Gasteiger partial charge >= 0.3 is 0 Å². The number of carbonyl (C=O) groups is 2. The van der Waals surface area contributed by atoms with Gasteiger partial charge in [0.25, 0.3) is 5.91 Å². The molecular weight excluding hydrogens is 422 g/mol. The first-order chi connectivity index (χ1) is 15.5. The minimum atomic E-state index is -0.988. The number of rotatable bonds is 5. The van der Waals surface area contributed by atoms with Gasteiger partial charge in [-0.2, -0.15) is 0 Å². The Hall–Kier alpha value is -2.80. The normalized spacial score (nSPS) is 21.6. The summed E-state index contributed by atoms with van der Waals surface area (Å²) >= 11 is 1.62. The number of thiophene rings is 1. The molecule has 3 heterocycles. The number of fused-ring (bicyclic) bond motifs is 3. The molecule has 7 heteroatoms. The molecule has 1 aliphatic heterocycles. The molecule has 168 valence electrons. The third-order valence-electron chi connectivity index (χ3n) is 6.95. The van der Waals surface area contributed by atoms with Crippen molar-refractivity contribution in [3.05, 3.63) is 53.0 Å². The Labute approximate surface area is 192 Å². The maximum absolute atomic E-state index is 13.8. The number of hydrogen-bond donors (Lipinski definition) is 1. The zero-order chi connectivity index (χ0) is 22.3. The van der Waals surface area contributed by atoms with Crippen LogP contribution < -0.4 is 10.1 Å². The van der Waals surface area contributed by atoms with Crippen LogP contribution in [-0.2, 0) is 17.9 Å². The molecule has 0 spiro atoms. The summed E-state index contributed by atoms with van der Waals surface area (Å²) in [6, 6.07) is 11.9. The number of methoxy groups -OCH3 is 1. The van der Waals surface area contributed by atoms with E-state index in [9.17, 15) is 9.59 Å². The van der Waals surface area contributed by atoms with Crippen LogP contribution in [0.2, 0.25) is 0 Å². The number of nitrogens with zero attached hydrogens (tertiary/aromatic N) is 2. The summed E-state index contributed by atoms with van der Waals surface area (Å²) < 4.78 is 8.47. The molecule has 32 heavy (non-hydrogen) atoms. The maximum atomic E-state index is 13.8. The van der Waals surface area contributed by atoms with Crippen molar-refractivity contribution in [2.45, 2.75) is 63.7 Å². The van der Waals surface area contributed by atoms with Crippen molar-refractivity contribution < 1.29 is 14.3 Å². The number of benzene rings is 1. The van der Waals surface area contributed by atoms with Crippen molar-refractivity contribution in [3.63, 3.8) is 0 Å². The van der Waals surface area contributed by atoms with E-state index in [0.29, 0.717) is 18.8 Å². The largest absolute Gasteiger partial charge is 0.497 e. The van der Waals surface area contributed by atoms with Gasteiger partial charge in [-0.3, -0.25) is 9.59 Å². The van der Waals surface area contributed by atoms with Crippen LogP contribution in [0.1, 0.15) is 55.1 Å². The molecule has 3 aromatic rings. The molecule has 1 aromatic carbocycles. The summed E-state index contributed by atoms with van der Waals surface area (Å²) in [7, 11) is 1.63. The van der Waals surface area contributed by atoms with E-state index >= 15 is 0 Å². The van der Waals surface area contributed by atoms with Gasteiger partial charge in [0.05, 0.1) is 23.9 Å². The van der Waals surface area contributed by atoms with E-state index in [1.54, 1.807) is 23.3 Å². The van der Waals surface area contributed by atoms with Gasteiger partial charge in [0.2, 0.25) is 5.91 Å². The van der Waals surface area contributed by atoms with Crippen molar-refractivity contribution in [2.24, 2.45) is 0 Å². The SMILES string of the molecule is COc1cccc(CN2C(=O)c3cc4sccc4n3C[C@@]2(C)C(=O)NC2CCCCC2)c1. The molecule has 6 nitrogen and oxygen atoms in total. The van der Waals surface area contributed by atoms with Gasteiger partial charge in [0.15, 0.2) is 0 Å². The molecule has 0 unspecified atom stereocenters. The molecule has 1 fully saturated rings. The molecular formula is C25H29N3O3S. The Bertz CT molecular complexity index is 1160. The van der Waals surface area contributed by atoms with Crippen LogP contribution >= 0.6 is 11.3 Å². The monoisotopic (exact) mass is 451 g/mol. The average Bonchev–Trinajstić information content (AvgIpc) is 3.40. The zero-order valence-corrected chi connectivity index (χ0v) is 19.4. The van der Waals surface area contributed by atoms with Gasteiger partial charge in [-0.15, -0.1) is 11.3 Å². The number of hydrogen-bond acceptors (Lipinski definition) is 4. The highest BCUT2D eigenvalue weighted by molar-refractivity contribution is 7.17. The Morgan fingerprint density at radius 3 is 2.81 bits per heavy atom. The number of aromatic nitrogens is 1. The topological polar surface area (TPSA) is 63.6 Å². The standard InChI is InChI=1S/C25H29N3O3S/c1-25(24(30)26-18-8-4-3-5-9-18)16-27-20-11-12-32-22(20)14-21(27)23(29)28(25)15-17-7-6-10-19(13-17)31-2/h6-7,10-14,18H,3-5,8-9,15-16H2,1-2H3,(H,26,30)/t25-/m0/s1. The average molecular weight is 452 g/mol. The molecule has 2 amide bonds. The van der Waals surface area contributed by atoms with E-state index in [2.05, 4.69) is 5.32 Å². The molecule has 1 saturated carbocycles. The van der Waals surface area contributed by atoms with Crippen LogP contribution in [-0.4, -0.2) is 40.0 Å². The summed E-state index contributed by atoms with van der Waals surface area (Å²) in [6.07, 6.45) is 5.54. The fourth-order valence-electron chi connectivity index (χ4n) is 5.06. The van der Waals surface area contributed by atoms with Crippen molar-refractivity contribution >= 4 is 33.4 Å². The summed E-state index contributed by atoms with van der Waals surface area (Å²) in [5.74, 6) is 0.566. The fraction of sp³-hybridized carbons (Fsp3) is 0.440. The van der Waals surface area contributed by atoms with E-state index in [4.69, 9.17) is 4.74 Å². The Kier molecular flexibility index (Phi) is 5.45. The smallest absolute Gasteiger partial charge is 0.271 e. The van der Waals surface area contributed by atoms with Gasteiger partial charge in [-0.05, 0) is 55.0 Å². The highest BCUT2D eigenvalue weighted by Crippen LogP contribution is 2.35. The number of nitrogens with one attached hydrogen (secondary N) is 1. The van der Waals surface area contributed by atoms with Crippen molar-refractivity contribution in [1.82, 2.24) is 14.8 Å². The van der Waals surface area contributed by atoms with Crippen LogP contribution in [0.25, 0.3) is 10.2 Å². The quantitative estimate of drug-likeness (QED) is 0.618. The lowest BCUT2D eigenvalue weighted by Crippen LogP contribution is -2.64. The molecule has 0 bridgehead atoms. The molecule has 1 aliphatic carbocycles. The Morgan fingerprint density at radius 1 is 1.22 bits per heavy atom. The van der Waals surface area contributed by atoms with E-state index in [-0.39, 0.29) is 17.9 Å². The molecule has 2 aromatic heterocycles. The number of ether oxygens (including phenoxy) is 1. The van der Waals surface area contributed by atoms with Crippen LogP contribution in [0.15, 0.2) is 41.8 Å². The third kappa shape index (κ3) is 3.58. The van der Waals surface area contributed by atoms with Crippen LogP contribution in [0, 0.1) is 0 Å². The third-order valence-corrected chi connectivity index (χ3v) is 7.81. The highest BCUT2D eigenvalue weighted by atomic mass is 32.1. The molecule has 1 N–H and O–H groups in total. The first-order valence-electron chi connectivity index (χ1n) is 11.3. The second-order valence-corrected chi connectivity index (χ2v) is 10.1. The van der Waals surface area contributed by atoms with Crippen molar-refractivity contribution in [2.75, 3.05) is 7.11 Å². The fourth-order valence-corrected chi connectivity index (χ4v) is 5.88. The van der Waals surface area contributed by atoms with E-state index in [1.807, 2.05) is 53.3 Å². The first kappa shape index (κ1) is 21.1. The molecule has 1 atom stereocenters. The molecule has 0 radical (unpaired) electrons. The predicted molar refractivity (Wildman–Crippen MR) is 126 cm³/mol. The van der Waals surface area contributed by atoms with E-state index in [0.717, 1.165) is 47.2 Å². The summed E-state index contributed by atoms with van der Waals surface area (Å²) in [5.41, 5.74) is 1.63. The second-order valence-electron chi connectivity index (χ2n) is 9.11. The lowest BCUT2D eigenvalue weighted by molar-refractivity contribution is -0.134. The highest BCUT2D eigenvalue weighted by Gasteiger charge is 2.48. The van der Waals surface area contributed by atoms with Gasteiger partial charge in [0, 0.05) is 12.6 Å². The van der Waals surface area contributed by atoms with Gasteiger partial charge in [-0.25, -0.2) is 0 Å². The molecule has 0 saturated heterocycles. The summed E-state index contributed by atoms with van der Waals surface area (Å²) in [4.78, 5) is 29.2. The first-order valence-corrected chi connectivity index (χ1v) is 12.2. The predicted octanol–water partition coefficient (Wildman–Crippen LogP) is 4.58. The van der Waals surface area contributed by atoms with Gasteiger partial charge < -0.3 is 19.5 Å². The lowest BCUT2D eigenvalue weighted by atomic mass is 9.91. The maximum Gasteiger partial charge on any atom is 0.271 e. The lowest BCUT2D eigenvalue weighted by Gasteiger charge is -2.45. The summed E-state index contributed by atoms with van der Waals surface area (Å²) in [6.45, 7) is 2.70. The molecule has 2 aliphatic rings. The van der Waals surface area contributed by atoms with Crippen LogP contribution in [0.3, 0.4) is 0 Å². The minimum absolute atomic E-state index is 0.0663. The summed E-state index contributed by atoms with van der Waals surface area (Å²) in [5, 5.41) is 5.32. The van der Waals surface area contributed by atoms with E-state index < -0.39 is 5.54 Å². The Morgan fingerprint density at radius 2 is 2.03 bits per heavy atom. The van der Waals surface area contributed by atoms with Crippen LogP contribution in [0.4, 0.5) is 0 Å².